The lowest BCUT2D eigenvalue weighted by Crippen LogP contribution is -2.76. The molecule has 1 N–H and O–H groups in total. The molecule has 46 heavy (non-hydrogen) atoms. The lowest BCUT2D eigenvalue weighted by atomic mass is 9.96. The average molecular weight is 707 g/mol. The summed E-state index contributed by atoms with van der Waals surface area (Å²) in [7, 11) is -0.644. The van der Waals surface area contributed by atoms with E-state index in [9.17, 15) is 22.8 Å². The van der Waals surface area contributed by atoms with Crippen LogP contribution in [0.2, 0.25) is 15.1 Å². The zero-order valence-corrected chi connectivity index (χ0v) is 28.7. The standard InChI is InChI=1S/C32H34Cl3N5O5S/c1-19(2)38-18-29-39(46(44,45)28-14-11-23(34)16-25(28)35)17-26(36-30(41)21-7-12-24(13-8-21)37(3)4)31(42)40(29)27(32(38)43)15-20-5-9-22(33)10-6-20/h5-14,16,19,26-27,29H,15,17-18H2,1-4H3,(H,36,41). The molecule has 5 rings (SSSR count). The first kappa shape index (κ1) is 34.0. The van der Waals surface area contributed by atoms with Gasteiger partial charge in [0.25, 0.3) is 5.91 Å². The van der Waals surface area contributed by atoms with Gasteiger partial charge >= 0.3 is 0 Å². The fourth-order valence-electron chi connectivity index (χ4n) is 5.79. The summed E-state index contributed by atoms with van der Waals surface area (Å²) in [5, 5.41) is 3.40. The van der Waals surface area contributed by atoms with Crippen LogP contribution in [-0.2, 0) is 26.0 Å². The number of anilines is 1. The molecule has 14 heteroatoms. The van der Waals surface area contributed by atoms with Crippen LogP contribution < -0.4 is 10.2 Å². The second-order valence-corrected chi connectivity index (χ2v) is 14.9. The molecule has 3 unspecified atom stereocenters. The molecule has 10 nitrogen and oxygen atoms in total. The van der Waals surface area contributed by atoms with E-state index in [1.54, 1.807) is 53.4 Å². The number of carbonyl (C=O) groups is 3. The number of carbonyl (C=O) groups excluding carboxylic acids is 3. The molecule has 3 amide bonds. The van der Waals surface area contributed by atoms with Crippen molar-refractivity contribution >= 4 is 68.2 Å². The van der Waals surface area contributed by atoms with E-state index in [-0.39, 0.29) is 52.0 Å². The summed E-state index contributed by atoms with van der Waals surface area (Å²) in [5.74, 6) is -1.46. The van der Waals surface area contributed by atoms with Crippen LogP contribution in [0.5, 0.6) is 0 Å². The lowest BCUT2D eigenvalue weighted by Gasteiger charge is -2.54. The minimum atomic E-state index is -4.38. The summed E-state index contributed by atoms with van der Waals surface area (Å²) in [6, 6.07) is 15.0. The van der Waals surface area contributed by atoms with E-state index in [1.165, 1.54) is 23.1 Å². The summed E-state index contributed by atoms with van der Waals surface area (Å²) < 4.78 is 29.9. The summed E-state index contributed by atoms with van der Waals surface area (Å²) in [6.07, 6.45) is -0.974. The number of hydrogen-bond donors (Lipinski definition) is 1. The molecular formula is C32H34Cl3N5O5S. The number of fused-ring (bicyclic) bond motifs is 1. The van der Waals surface area contributed by atoms with Crippen LogP contribution in [0.4, 0.5) is 5.69 Å². The third-order valence-electron chi connectivity index (χ3n) is 8.23. The highest BCUT2D eigenvalue weighted by molar-refractivity contribution is 7.89. The van der Waals surface area contributed by atoms with Crippen LogP contribution in [0.15, 0.2) is 71.6 Å². The summed E-state index contributed by atoms with van der Waals surface area (Å²) in [4.78, 5) is 46.3. The lowest BCUT2D eigenvalue weighted by molar-refractivity contribution is -0.168. The van der Waals surface area contributed by atoms with Crippen LogP contribution in [-0.4, -0.2) is 91.7 Å². The number of hydrogen-bond acceptors (Lipinski definition) is 6. The Morgan fingerprint density at radius 1 is 0.913 bits per heavy atom. The van der Waals surface area contributed by atoms with E-state index >= 15 is 0 Å². The van der Waals surface area contributed by atoms with Crippen LogP contribution in [0.25, 0.3) is 0 Å². The van der Waals surface area contributed by atoms with Gasteiger partial charge in [-0.15, -0.1) is 0 Å². The Morgan fingerprint density at radius 3 is 2.13 bits per heavy atom. The Kier molecular flexibility index (Phi) is 9.91. The maximum atomic E-state index is 14.4. The molecule has 0 spiro atoms. The normalized spacial score (nSPS) is 20.6. The van der Waals surface area contributed by atoms with Crippen molar-refractivity contribution in [3.05, 3.63) is 92.9 Å². The molecule has 2 saturated heterocycles. The van der Waals surface area contributed by atoms with Gasteiger partial charge < -0.3 is 20.0 Å². The minimum Gasteiger partial charge on any atom is -0.378 e. The maximum Gasteiger partial charge on any atom is 0.251 e. The van der Waals surface area contributed by atoms with Gasteiger partial charge in [-0.2, -0.15) is 4.31 Å². The van der Waals surface area contributed by atoms with Crippen molar-refractivity contribution in [2.45, 2.75) is 49.5 Å². The zero-order valence-electron chi connectivity index (χ0n) is 25.7. The highest BCUT2D eigenvalue weighted by Gasteiger charge is 2.54. The summed E-state index contributed by atoms with van der Waals surface area (Å²) in [6.45, 7) is 3.21. The first-order valence-corrected chi connectivity index (χ1v) is 17.2. The number of nitrogens with one attached hydrogen (secondary N) is 1. The van der Waals surface area contributed by atoms with Gasteiger partial charge in [0.15, 0.2) is 0 Å². The van der Waals surface area contributed by atoms with Gasteiger partial charge in [-0.1, -0.05) is 46.9 Å². The molecule has 0 saturated carbocycles. The number of benzene rings is 3. The van der Waals surface area contributed by atoms with E-state index in [0.717, 1.165) is 15.6 Å². The number of piperazine rings is 1. The molecule has 3 aromatic carbocycles. The topological polar surface area (TPSA) is 110 Å². The highest BCUT2D eigenvalue weighted by Crippen LogP contribution is 2.35. The van der Waals surface area contributed by atoms with Crippen LogP contribution >= 0.6 is 34.8 Å². The van der Waals surface area contributed by atoms with E-state index in [2.05, 4.69) is 5.32 Å². The van der Waals surface area contributed by atoms with E-state index < -0.39 is 40.1 Å². The third kappa shape index (κ3) is 6.70. The molecule has 2 fully saturated rings. The molecule has 3 atom stereocenters. The molecule has 3 aromatic rings. The molecule has 2 aliphatic rings. The van der Waals surface area contributed by atoms with Crippen LogP contribution in [0.3, 0.4) is 0 Å². The summed E-state index contributed by atoms with van der Waals surface area (Å²) in [5.41, 5.74) is 1.88. The Morgan fingerprint density at radius 2 is 1.54 bits per heavy atom. The first-order valence-electron chi connectivity index (χ1n) is 14.6. The number of rotatable bonds is 8. The predicted molar refractivity (Wildman–Crippen MR) is 179 cm³/mol. The molecule has 0 bridgehead atoms. The van der Waals surface area contributed by atoms with Crippen molar-refractivity contribution < 1.29 is 22.8 Å². The predicted octanol–water partition coefficient (Wildman–Crippen LogP) is 4.53. The Balaban J connectivity index is 1.59. The van der Waals surface area contributed by atoms with E-state index in [4.69, 9.17) is 34.8 Å². The quantitative estimate of drug-likeness (QED) is 0.369. The number of sulfonamides is 1. The van der Waals surface area contributed by atoms with Gasteiger partial charge in [0.1, 0.15) is 23.1 Å². The van der Waals surface area contributed by atoms with Gasteiger partial charge in [0, 0.05) is 54.4 Å². The van der Waals surface area contributed by atoms with Gasteiger partial charge in [0.05, 0.1) is 11.6 Å². The minimum absolute atomic E-state index is 0.0730. The molecule has 0 radical (unpaired) electrons. The number of halogens is 3. The van der Waals surface area contributed by atoms with Crippen molar-refractivity contribution in [1.82, 2.24) is 19.4 Å². The van der Waals surface area contributed by atoms with Crippen molar-refractivity contribution in [2.24, 2.45) is 0 Å². The second-order valence-electron chi connectivity index (χ2n) is 11.8. The van der Waals surface area contributed by atoms with E-state index in [0.29, 0.717) is 5.02 Å². The summed E-state index contributed by atoms with van der Waals surface area (Å²) >= 11 is 18.6. The van der Waals surface area contributed by atoms with Crippen molar-refractivity contribution in [3.63, 3.8) is 0 Å². The van der Waals surface area contributed by atoms with Crippen molar-refractivity contribution in [1.29, 1.82) is 0 Å². The van der Waals surface area contributed by atoms with Crippen LogP contribution in [0, 0.1) is 0 Å². The fraction of sp³-hybridized carbons (Fsp3) is 0.344. The molecule has 244 valence electrons. The zero-order chi connectivity index (χ0) is 33.5. The Labute approximate surface area is 283 Å². The van der Waals surface area contributed by atoms with Crippen LogP contribution in [0.1, 0.15) is 29.8 Å². The monoisotopic (exact) mass is 705 g/mol. The molecule has 2 aliphatic heterocycles. The van der Waals surface area contributed by atoms with Gasteiger partial charge in [0.2, 0.25) is 21.8 Å². The van der Waals surface area contributed by atoms with Crippen molar-refractivity contribution in [2.75, 3.05) is 32.1 Å². The van der Waals surface area contributed by atoms with Gasteiger partial charge in [-0.3, -0.25) is 14.4 Å². The molecule has 0 aliphatic carbocycles. The van der Waals surface area contributed by atoms with E-state index in [1.807, 2.05) is 32.8 Å². The third-order valence-corrected chi connectivity index (χ3v) is 11.1. The molecular weight excluding hydrogens is 673 g/mol. The van der Waals surface area contributed by atoms with Gasteiger partial charge in [-0.05, 0) is 74.0 Å². The largest absolute Gasteiger partial charge is 0.378 e. The second kappa shape index (κ2) is 13.4. The number of nitrogens with zero attached hydrogens (tertiary/aromatic N) is 4. The van der Waals surface area contributed by atoms with Gasteiger partial charge in [-0.25, -0.2) is 8.42 Å². The SMILES string of the molecule is CC(C)N1CC2N(C(=O)C(NC(=O)c3ccc(N(C)C)cc3)CN2S(=O)(=O)c2ccc(Cl)cc2Cl)C(Cc2ccc(Cl)cc2)C1=O. The highest BCUT2D eigenvalue weighted by atomic mass is 35.5. The fourth-order valence-corrected chi connectivity index (χ4v) is 8.24. The first-order chi connectivity index (χ1) is 21.7. The molecule has 0 aromatic heterocycles. The number of amides is 3. The Bertz CT molecular complexity index is 1750. The molecule has 2 heterocycles. The Hall–Kier alpha value is -3.35. The smallest absolute Gasteiger partial charge is 0.251 e. The van der Waals surface area contributed by atoms with Crippen molar-refractivity contribution in [3.8, 4) is 0 Å². The average Bonchev–Trinajstić information content (AvgIpc) is 3.00. The maximum absolute atomic E-state index is 14.4.